The largest absolute Gasteiger partial charge is 0.507 e. The molecule has 8 heteroatoms. The van der Waals surface area contributed by atoms with Crippen molar-refractivity contribution in [1.82, 2.24) is 4.90 Å². The molecule has 1 fully saturated rings. The maximum Gasteiger partial charge on any atom is 0.295 e. The minimum Gasteiger partial charge on any atom is -0.507 e. The van der Waals surface area contributed by atoms with E-state index < -0.39 is 17.7 Å². The fourth-order valence-electron chi connectivity index (χ4n) is 3.36. The van der Waals surface area contributed by atoms with E-state index in [4.69, 9.17) is 32.7 Å². The van der Waals surface area contributed by atoms with E-state index >= 15 is 0 Å². The molecule has 3 rings (SSSR count). The Balaban J connectivity index is 2.12. The molecule has 2 aromatic carbocycles. The van der Waals surface area contributed by atoms with Crippen molar-refractivity contribution in [1.29, 1.82) is 0 Å². The van der Waals surface area contributed by atoms with Crippen LogP contribution in [-0.4, -0.2) is 48.6 Å². The topological polar surface area (TPSA) is 76.1 Å². The highest BCUT2D eigenvalue weighted by Gasteiger charge is 2.46. The van der Waals surface area contributed by atoms with Crippen LogP contribution in [0.3, 0.4) is 0 Å². The fraction of sp³-hybridized carbons (Fsp3) is 0.273. The van der Waals surface area contributed by atoms with Crippen LogP contribution in [0, 0.1) is 0 Å². The molecule has 6 nitrogen and oxygen atoms in total. The summed E-state index contributed by atoms with van der Waals surface area (Å²) in [5, 5.41) is 11.6. The molecule has 1 unspecified atom stereocenters. The number of hydrogen-bond acceptors (Lipinski definition) is 5. The lowest BCUT2D eigenvalue weighted by atomic mass is 9.95. The van der Waals surface area contributed by atoms with Crippen LogP contribution in [0.25, 0.3) is 5.76 Å². The number of Topliss-reactive ketones (excluding diaryl/α,β-unsaturated/α-hetero) is 1. The molecule has 0 saturated carbocycles. The van der Waals surface area contributed by atoms with Crippen LogP contribution in [-0.2, 0) is 14.3 Å². The number of carbonyl (C=O) groups excluding carboxylic acids is 2. The molecular weight excluding hydrogens is 429 g/mol. The Morgan fingerprint density at radius 3 is 2.40 bits per heavy atom. The number of carbonyl (C=O) groups is 2. The van der Waals surface area contributed by atoms with Crippen molar-refractivity contribution in [3.05, 3.63) is 69.2 Å². The van der Waals surface area contributed by atoms with Gasteiger partial charge in [0, 0.05) is 19.2 Å². The Bertz CT molecular complexity index is 988. The molecule has 1 aliphatic rings. The number of aliphatic hydroxyl groups excluding tert-OH is 1. The van der Waals surface area contributed by atoms with Gasteiger partial charge in [0.05, 0.1) is 34.9 Å². The van der Waals surface area contributed by atoms with E-state index in [1.807, 2.05) is 6.92 Å². The monoisotopic (exact) mass is 449 g/mol. The predicted molar refractivity (Wildman–Crippen MR) is 115 cm³/mol. The van der Waals surface area contributed by atoms with Crippen LogP contribution in [0.2, 0.25) is 10.0 Å². The van der Waals surface area contributed by atoms with E-state index in [0.717, 1.165) is 0 Å². The first-order valence-corrected chi connectivity index (χ1v) is 10.1. The summed E-state index contributed by atoms with van der Waals surface area (Å²) >= 11 is 12.2. The average Bonchev–Trinajstić information content (AvgIpc) is 2.99. The number of nitrogens with zero attached hydrogens (tertiary/aromatic N) is 1. The zero-order valence-corrected chi connectivity index (χ0v) is 18.0. The lowest BCUT2D eigenvalue weighted by molar-refractivity contribution is -0.140. The second-order valence-corrected chi connectivity index (χ2v) is 7.43. The first-order valence-electron chi connectivity index (χ1n) is 9.34. The lowest BCUT2D eigenvalue weighted by Gasteiger charge is -2.25. The van der Waals surface area contributed by atoms with Gasteiger partial charge in [0.2, 0.25) is 0 Å². The van der Waals surface area contributed by atoms with Crippen molar-refractivity contribution in [3.63, 3.8) is 0 Å². The number of amides is 1. The molecule has 2 aromatic rings. The summed E-state index contributed by atoms with van der Waals surface area (Å²) in [5.41, 5.74) is 0.944. The van der Waals surface area contributed by atoms with Crippen LogP contribution in [0.5, 0.6) is 5.75 Å². The number of aliphatic hydroxyl groups is 1. The van der Waals surface area contributed by atoms with Gasteiger partial charge in [-0.15, -0.1) is 0 Å². The standard InChI is InChI=1S/C22H21Cl2NO5/c1-3-30-15-7-4-13(5-8-15)20(26)18-19(14-6-9-16(23)17(24)12-14)25(10-11-29-2)22(28)21(18)27/h4-9,12,19,26H,3,10-11H2,1-2H3/b20-18+. The van der Waals surface area contributed by atoms with Crippen LogP contribution < -0.4 is 4.74 Å². The number of benzene rings is 2. The number of halogens is 2. The highest BCUT2D eigenvalue weighted by atomic mass is 35.5. The highest BCUT2D eigenvalue weighted by molar-refractivity contribution is 6.46. The van der Waals surface area contributed by atoms with Gasteiger partial charge in [-0.1, -0.05) is 29.3 Å². The highest BCUT2D eigenvalue weighted by Crippen LogP contribution is 2.40. The van der Waals surface area contributed by atoms with Crippen molar-refractivity contribution in [3.8, 4) is 5.75 Å². The normalized spacial score (nSPS) is 18.1. The summed E-state index contributed by atoms with van der Waals surface area (Å²) in [7, 11) is 1.50. The molecule has 1 saturated heterocycles. The maximum atomic E-state index is 12.9. The van der Waals surface area contributed by atoms with E-state index in [1.54, 1.807) is 42.5 Å². The number of rotatable bonds is 7. The molecule has 1 heterocycles. The molecule has 158 valence electrons. The van der Waals surface area contributed by atoms with Crippen molar-refractivity contribution in [2.24, 2.45) is 0 Å². The number of methoxy groups -OCH3 is 1. The van der Waals surface area contributed by atoms with Gasteiger partial charge in [-0.2, -0.15) is 0 Å². The summed E-state index contributed by atoms with van der Waals surface area (Å²) in [5.74, 6) is -1.12. The third kappa shape index (κ3) is 4.31. The van der Waals surface area contributed by atoms with Crippen molar-refractivity contribution in [2.75, 3.05) is 26.9 Å². The van der Waals surface area contributed by atoms with E-state index in [1.165, 1.54) is 12.0 Å². The molecule has 1 atom stereocenters. The Hall–Kier alpha value is -2.54. The zero-order chi connectivity index (χ0) is 21.8. The van der Waals surface area contributed by atoms with E-state index in [0.29, 0.717) is 28.5 Å². The van der Waals surface area contributed by atoms with E-state index in [2.05, 4.69) is 0 Å². The number of hydrogen-bond donors (Lipinski definition) is 1. The van der Waals surface area contributed by atoms with E-state index in [9.17, 15) is 14.7 Å². The van der Waals surface area contributed by atoms with Gasteiger partial charge >= 0.3 is 0 Å². The van der Waals surface area contributed by atoms with Crippen LogP contribution in [0.15, 0.2) is 48.0 Å². The fourth-order valence-corrected chi connectivity index (χ4v) is 3.67. The van der Waals surface area contributed by atoms with E-state index in [-0.39, 0.29) is 29.5 Å². The van der Waals surface area contributed by atoms with Gasteiger partial charge in [0.25, 0.3) is 11.7 Å². The minimum atomic E-state index is -0.818. The first-order chi connectivity index (χ1) is 14.4. The smallest absolute Gasteiger partial charge is 0.295 e. The number of ketones is 1. The molecule has 0 radical (unpaired) electrons. The Morgan fingerprint density at radius 1 is 1.10 bits per heavy atom. The third-order valence-corrected chi connectivity index (χ3v) is 5.51. The summed E-state index contributed by atoms with van der Waals surface area (Å²) in [6.45, 7) is 2.78. The maximum absolute atomic E-state index is 12.9. The Labute approximate surface area is 184 Å². The summed E-state index contributed by atoms with van der Waals surface area (Å²) in [4.78, 5) is 27.0. The van der Waals surface area contributed by atoms with Gasteiger partial charge in [0.1, 0.15) is 11.5 Å². The summed E-state index contributed by atoms with van der Waals surface area (Å²) < 4.78 is 10.5. The van der Waals surface area contributed by atoms with Crippen LogP contribution in [0.4, 0.5) is 0 Å². The molecule has 0 bridgehead atoms. The zero-order valence-electron chi connectivity index (χ0n) is 16.5. The molecule has 0 spiro atoms. The van der Waals surface area contributed by atoms with Gasteiger partial charge in [-0.25, -0.2) is 0 Å². The van der Waals surface area contributed by atoms with Gasteiger partial charge in [-0.05, 0) is 48.9 Å². The molecule has 1 amide bonds. The molecular formula is C22H21Cl2NO5. The van der Waals surface area contributed by atoms with Crippen LogP contribution >= 0.6 is 23.2 Å². The van der Waals surface area contributed by atoms with Gasteiger partial charge in [-0.3, -0.25) is 9.59 Å². The third-order valence-electron chi connectivity index (χ3n) is 4.77. The average molecular weight is 450 g/mol. The molecule has 0 aliphatic carbocycles. The lowest BCUT2D eigenvalue weighted by Crippen LogP contribution is -2.32. The quantitative estimate of drug-likeness (QED) is 0.383. The van der Waals surface area contributed by atoms with Gasteiger partial charge in [0.15, 0.2) is 0 Å². The second kappa shape index (κ2) is 9.51. The van der Waals surface area contributed by atoms with Crippen molar-refractivity contribution < 1.29 is 24.2 Å². The number of likely N-dealkylation sites (tertiary alicyclic amines) is 1. The van der Waals surface area contributed by atoms with Crippen molar-refractivity contribution >= 4 is 40.7 Å². The molecule has 1 N–H and O–H groups in total. The summed E-state index contributed by atoms with van der Waals surface area (Å²) in [6.07, 6.45) is 0. The Kier molecular flexibility index (Phi) is 7.02. The SMILES string of the molecule is CCOc1ccc(/C(O)=C2\C(=O)C(=O)N(CCOC)C2c2ccc(Cl)c(Cl)c2)cc1. The predicted octanol–water partition coefficient (Wildman–Crippen LogP) is 4.46. The summed E-state index contributed by atoms with van der Waals surface area (Å²) in [6, 6.07) is 10.7. The molecule has 0 aromatic heterocycles. The van der Waals surface area contributed by atoms with Gasteiger partial charge < -0.3 is 19.5 Å². The molecule has 1 aliphatic heterocycles. The second-order valence-electron chi connectivity index (χ2n) is 6.62. The Morgan fingerprint density at radius 2 is 1.80 bits per heavy atom. The first kappa shape index (κ1) is 22.2. The molecule has 30 heavy (non-hydrogen) atoms. The number of ether oxygens (including phenoxy) is 2. The minimum absolute atomic E-state index is 0.0151. The van der Waals surface area contributed by atoms with Crippen molar-refractivity contribution in [2.45, 2.75) is 13.0 Å². The van der Waals surface area contributed by atoms with Crippen LogP contribution in [0.1, 0.15) is 24.1 Å².